The molecule has 0 amide bonds. The van der Waals surface area contributed by atoms with Gasteiger partial charge in [-0.2, -0.15) is 4.98 Å². The van der Waals surface area contributed by atoms with Crippen LogP contribution in [0.5, 0.6) is 0 Å². The Morgan fingerprint density at radius 3 is 2.83 bits per heavy atom. The van der Waals surface area contributed by atoms with Gasteiger partial charge in [0.05, 0.1) is 22.5 Å². The molecular formula is C16H17ClFN7O3S. The van der Waals surface area contributed by atoms with Crippen LogP contribution in [0, 0.1) is 11.2 Å². The molecule has 0 radical (unpaired) electrons. The quantitative estimate of drug-likeness (QED) is 0.163. The molecule has 2 heterocycles. The molecule has 29 heavy (non-hydrogen) atoms. The number of hydroxylamine groups is 1. The van der Waals surface area contributed by atoms with Crippen molar-refractivity contribution in [3.05, 3.63) is 46.9 Å². The Bertz CT molecular complexity index is 1170. The minimum absolute atomic E-state index is 0.107. The minimum Gasteiger partial charge on any atom is -0.354 e. The third-order valence-corrected chi connectivity index (χ3v) is 4.81. The van der Waals surface area contributed by atoms with Crippen LogP contribution in [0.2, 0.25) is 5.02 Å². The molecule has 10 nitrogen and oxygen atoms in total. The number of hydrogen-bond acceptors (Lipinski definition) is 7. The maximum Gasteiger partial charge on any atom is 0.208 e. The molecule has 1 aromatic carbocycles. The maximum absolute atomic E-state index is 13.3. The maximum atomic E-state index is 13.3. The lowest BCUT2D eigenvalue weighted by Crippen LogP contribution is -2.28. The topological polar surface area (TPSA) is 147 Å². The van der Waals surface area contributed by atoms with E-state index in [4.69, 9.17) is 17.0 Å². The van der Waals surface area contributed by atoms with Crippen molar-refractivity contribution in [3.63, 3.8) is 0 Å². The van der Waals surface area contributed by atoms with Crippen molar-refractivity contribution in [3.8, 4) is 0 Å². The highest BCUT2D eigenvalue weighted by Crippen LogP contribution is 2.24. The van der Waals surface area contributed by atoms with E-state index in [1.54, 1.807) is 0 Å². The third-order valence-electron chi connectivity index (χ3n) is 3.79. The van der Waals surface area contributed by atoms with Gasteiger partial charge < -0.3 is 10.3 Å². The SMILES string of the molecule is CS(=O)(=O)NCCNc1nc2nccc(C(=N)N(O)c3ccc(F)c(Cl)c3)c2[nH]1. The van der Waals surface area contributed by atoms with Gasteiger partial charge in [0.15, 0.2) is 11.5 Å². The van der Waals surface area contributed by atoms with Crippen LogP contribution in [0.15, 0.2) is 30.5 Å². The van der Waals surface area contributed by atoms with Crippen molar-refractivity contribution < 1.29 is 18.0 Å². The molecule has 5 N–H and O–H groups in total. The van der Waals surface area contributed by atoms with Gasteiger partial charge in [0.2, 0.25) is 16.0 Å². The molecule has 154 valence electrons. The van der Waals surface area contributed by atoms with Gasteiger partial charge in [-0.3, -0.25) is 10.6 Å². The summed E-state index contributed by atoms with van der Waals surface area (Å²) >= 11 is 5.74. The number of halogens is 2. The highest BCUT2D eigenvalue weighted by Gasteiger charge is 2.18. The summed E-state index contributed by atoms with van der Waals surface area (Å²) in [7, 11) is -3.29. The van der Waals surface area contributed by atoms with E-state index in [0.29, 0.717) is 16.5 Å². The van der Waals surface area contributed by atoms with Gasteiger partial charge in [-0.1, -0.05) is 11.6 Å². The van der Waals surface area contributed by atoms with E-state index in [1.807, 2.05) is 0 Å². The van der Waals surface area contributed by atoms with Crippen LogP contribution in [0.25, 0.3) is 11.2 Å². The highest BCUT2D eigenvalue weighted by molar-refractivity contribution is 7.88. The summed E-state index contributed by atoms with van der Waals surface area (Å²) in [6.07, 6.45) is 2.48. The average molecular weight is 442 g/mol. The molecule has 13 heteroatoms. The molecule has 0 aliphatic heterocycles. The van der Waals surface area contributed by atoms with Crippen LogP contribution in [-0.4, -0.2) is 53.8 Å². The fraction of sp³-hybridized carbons (Fsp3) is 0.188. The number of hydrogen-bond donors (Lipinski definition) is 5. The first-order valence-electron chi connectivity index (χ1n) is 8.22. The normalized spacial score (nSPS) is 11.6. The summed E-state index contributed by atoms with van der Waals surface area (Å²) in [4.78, 5) is 11.3. The number of anilines is 2. The van der Waals surface area contributed by atoms with Crippen LogP contribution in [0.3, 0.4) is 0 Å². The van der Waals surface area contributed by atoms with Crippen molar-refractivity contribution in [1.82, 2.24) is 19.7 Å². The van der Waals surface area contributed by atoms with E-state index in [-0.39, 0.29) is 40.8 Å². The number of nitrogens with one attached hydrogen (secondary N) is 4. The molecule has 0 aliphatic carbocycles. The number of H-pyrrole nitrogens is 1. The number of sulfonamides is 1. The lowest BCUT2D eigenvalue weighted by Gasteiger charge is -2.18. The monoisotopic (exact) mass is 441 g/mol. The van der Waals surface area contributed by atoms with E-state index < -0.39 is 15.8 Å². The van der Waals surface area contributed by atoms with Gasteiger partial charge in [-0.15, -0.1) is 0 Å². The zero-order valence-corrected chi connectivity index (χ0v) is 16.6. The van der Waals surface area contributed by atoms with Crippen LogP contribution < -0.4 is 15.1 Å². The summed E-state index contributed by atoms with van der Waals surface area (Å²) in [5.41, 5.74) is 1.06. The van der Waals surface area contributed by atoms with Gasteiger partial charge >= 0.3 is 0 Å². The number of aromatic amines is 1. The Morgan fingerprint density at radius 2 is 2.14 bits per heavy atom. The molecular weight excluding hydrogens is 425 g/mol. The van der Waals surface area contributed by atoms with Crippen molar-refractivity contribution in [1.29, 1.82) is 5.41 Å². The fourth-order valence-electron chi connectivity index (χ4n) is 2.47. The zero-order chi connectivity index (χ0) is 21.2. The molecule has 0 unspecified atom stereocenters. The molecule has 0 bridgehead atoms. The smallest absolute Gasteiger partial charge is 0.208 e. The van der Waals surface area contributed by atoms with Crippen LogP contribution in [0.4, 0.5) is 16.0 Å². The second-order valence-electron chi connectivity index (χ2n) is 5.99. The van der Waals surface area contributed by atoms with Crippen molar-refractivity contribution in [2.45, 2.75) is 0 Å². The molecule has 0 spiro atoms. The second-order valence-corrected chi connectivity index (χ2v) is 8.23. The lowest BCUT2D eigenvalue weighted by molar-refractivity contribution is 0.312. The number of pyridine rings is 1. The van der Waals surface area contributed by atoms with E-state index in [2.05, 4.69) is 25.0 Å². The van der Waals surface area contributed by atoms with Gasteiger partial charge in [0, 0.05) is 24.8 Å². The Hall–Kier alpha value is -2.80. The standard InChI is InChI=1S/C16H17ClFN7O3S/c1-29(27,28)22-7-6-21-16-23-13-10(4-5-20-15(13)24-16)14(19)25(26)9-2-3-12(18)11(17)8-9/h2-5,8,19,22,26H,6-7H2,1H3,(H2,20,21,23,24). The van der Waals surface area contributed by atoms with Crippen molar-refractivity contribution in [2.24, 2.45) is 0 Å². The van der Waals surface area contributed by atoms with E-state index in [1.165, 1.54) is 24.4 Å². The summed E-state index contributed by atoms with van der Waals surface area (Å²) in [6.45, 7) is 0.418. The first kappa shape index (κ1) is 20.9. The number of amidine groups is 1. The first-order valence-corrected chi connectivity index (χ1v) is 10.5. The number of imidazole rings is 1. The first-order chi connectivity index (χ1) is 13.7. The molecule has 0 atom stereocenters. The highest BCUT2D eigenvalue weighted by atomic mass is 35.5. The fourth-order valence-corrected chi connectivity index (χ4v) is 3.12. The van der Waals surface area contributed by atoms with Gasteiger partial charge in [-0.25, -0.2) is 27.6 Å². The van der Waals surface area contributed by atoms with E-state index in [9.17, 15) is 18.0 Å². The number of nitrogens with zero attached hydrogens (tertiary/aromatic N) is 3. The minimum atomic E-state index is -3.29. The van der Waals surface area contributed by atoms with Crippen LogP contribution in [0.1, 0.15) is 5.56 Å². The molecule has 0 saturated heterocycles. The number of rotatable bonds is 7. The summed E-state index contributed by atoms with van der Waals surface area (Å²) < 4.78 is 37.8. The lowest BCUT2D eigenvalue weighted by atomic mass is 10.2. The Morgan fingerprint density at radius 1 is 1.38 bits per heavy atom. The predicted molar refractivity (Wildman–Crippen MR) is 108 cm³/mol. The number of fused-ring (bicyclic) bond motifs is 1. The van der Waals surface area contributed by atoms with E-state index in [0.717, 1.165) is 12.3 Å². The summed E-state index contributed by atoms with van der Waals surface area (Å²) in [5, 5.41) is 21.9. The number of aromatic nitrogens is 3. The van der Waals surface area contributed by atoms with Gasteiger partial charge in [-0.05, 0) is 24.3 Å². The largest absolute Gasteiger partial charge is 0.354 e. The molecule has 2 aromatic heterocycles. The van der Waals surface area contributed by atoms with Crippen molar-refractivity contribution >= 4 is 50.3 Å². The molecule has 3 rings (SSSR count). The van der Waals surface area contributed by atoms with E-state index >= 15 is 0 Å². The van der Waals surface area contributed by atoms with Crippen LogP contribution >= 0.6 is 11.6 Å². The Balaban J connectivity index is 1.81. The predicted octanol–water partition coefficient (Wildman–Crippen LogP) is 1.93. The second kappa shape index (κ2) is 8.29. The van der Waals surface area contributed by atoms with Gasteiger partial charge in [0.25, 0.3) is 0 Å². The van der Waals surface area contributed by atoms with Crippen molar-refractivity contribution in [2.75, 3.05) is 29.7 Å². The average Bonchev–Trinajstić information content (AvgIpc) is 3.08. The summed E-state index contributed by atoms with van der Waals surface area (Å²) in [5.74, 6) is -0.636. The number of benzene rings is 1. The Kier molecular flexibility index (Phi) is 5.98. The summed E-state index contributed by atoms with van der Waals surface area (Å²) in [6, 6.07) is 5.06. The molecule has 0 fully saturated rings. The Labute approximate surface area is 170 Å². The van der Waals surface area contributed by atoms with Crippen LogP contribution in [-0.2, 0) is 10.0 Å². The zero-order valence-electron chi connectivity index (χ0n) is 15.1. The molecule has 3 aromatic rings. The third kappa shape index (κ3) is 4.98. The molecule has 0 saturated carbocycles. The van der Waals surface area contributed by atoms with Gasteiger partial charge in [0.1, 0.15) is 5.82 Å². The molecule has 0 aliphatic rings.